The number of imide groups is 1. The van der Waals surface area contributed by atoms with Gasteiger partial charge in [0.1, 0.15) is 30.3 Å². The molecule has 8 rings (SSSR count). The van der Waals surface area contributed by atoms with Crippen LogP contribution in [0.4, 0.5) is 37.6 Å². The fraction of sp³-hybridized carbons (Fsp3) is 0.429. The molecular formula is C49H58BrF2N10O5P. The number of fused-ring (bicyclic) bond motifs is 1. The summed E-state index contributed by atoms with van der Waals surface area (Å²) in [5.41, 5.74) is 5.55. The van der Waals surface area contributed by atoms with Crippen LogP contribution in [0.1, 0.15) is 60.9 Å². The molecule has 5 N–H and O–H groups in total. The number of piperidine rings is 2. The first-order valence-electron chi connectivity index (χ1n) is 23.1. The molecule has 0 saturated carbocycles. The number of amides is 3. The Bertz CT molecular complexity index is 2760. The van der Waals surface area contributed by atoms with Crippen molar-refractivity contribution in [3.05, 3.63) is 93.2 Å². The summed E-state index contributed by atoms with van der Waals surface area (Å²) in [5.74, 6) is -2.32. The summed E-state index contributed by atoms with van der Waals surface area (Å²) in [6.07, 6.45) is 4.86. The molecule has 3 aromatic carbocycles. The van der Waals surface area contributed by atoms with Crippen molar-refractivity contribution in [2.45, 2.75) is 64.3 Å². The third-order valence-corrected chi connectivity index (χ3v) is 15.1. The van der Waals surface area contributed by atoms with Gasteiger partial charge in [0, 0.05) is 98.2 Å². The minimum Gasteiger partial charge on any atom is -0.494 e. The molecule has 0 radical (unpaired) electrons. The average Bonchev–Trinajstić information content (AvgIpc) is 3.28. The lowest BCUT2D eigenvalue weighted by Gasteiger charge is -2.38. The predicted octanol–water partition coefficient (Wildman–Crippen LogP) is 7.05. The van der Waals surface area contributed by atoms with Crippen LogP contribution in [0.15, 0.2) is 59.2 Å². The molecule has 2 aromatic heterocycles. The summed E-state index contributed by atoms with van der Waals surface area (Å²) in [4.78, 5) is 55.0. The minimum absolute atomic E-state index is 0.0000215. The van der Waals surface area contributed by atoms with Crippen LogP contribution in [0.2, 0.25) is 0 Å². The van der Waals surface area contributed by atoms with Gasteiger partial charge in [-0.25, -0.2) is 13.8 Å². The van der Waals surface area contributed by atoms with Crippen LogP contribution < -0.4 is 41.5 Å². The van der Waals surface area contributed by atoms with Crippen LogP contribution in [-0.4, -0.2) is 110 Å². The van der Waals surface area contributed by atoms with Crippen molar-refractivity contribution < 1.29 is 32.5 Å². The molecule has 3 amide bonds. The zero-order chi connectivity index (χ0) is 48.3. The minimum atomic E-state index is -2.74. The second-order valence-corrected chi connectivity index (χ2v) is 22.2. The number of halogens is 3. The second kappa shape index (κ2) is 21.0. The number of nitrogens with one attached hydrogen (secondary N) is 5. The van der Waals surface area contributed by atoms with Crippen LogP contribution in [0.5, 0.6) is 5.75 Å². The van der Waals surface area contributed by atoms with Crippen molar-refractivity contribution in [3.63, 3.8) is 0 Å². The van der Waals surface area contributed by atoms with Crippen LogP contribution in [0.25, 0.3) is 10.9 Å². The Hall–Kier alpha value is -5.55. The highest BCUT2D eigenvalue weighted by Crippen LogP contribution is 2.42. The van der Waals surface area contributed by atoms with Gasteiger partial charge in [0.15, 0.2) is 0 Å². The van der Waals surface area contributed by atoms with Crippen molar-refractivity contribution in [3.8, 4) is 5.75 Å². The SMILES string of the molecule is CCc1cc(Nc2ncc(Br)c(Nc3ccc4nc(C)ccc4c3P(C)(C)=O)n2)c(OC)cc1N1CCC(NCCNC(=O)C2CN(CCc3cc(F)c(C4CCC(=O)NC4=O)c(F)c3)C2)CC1. The number of benzene rings is 3. The molecule has 68 heavy (non-hydrogen) atoms. The lowest BCUT2D eigenvalue weighted by Crippen LogP contribution is -2.54. The molecule has 3 aliphatic heterocycles. The Labute approximate surface area is 403 Å². The molecule has 0 spiro atoms. The van der Waals surface area contributed by atoms with E-state index in [1.54, 1.807) is 26.6 Å². The van der Waals surface area contributed by atoms with Gasteiger partial charge < -0.3 is 40.4 Å². The molecule has 3 aliphatic rings. The summed E-state index contributed by atoms with van der Waals surface area (Å²) < 4.78 is 50.1. The molecule has 360 valence electrons. The number of hydrogen-bond donors (Lipinski definition) is 5. The van der Waals surface area contributed by atoms with Gasteiger partial charge in [0.25, 0.3) is 0 Å². The number of pyridine rings is 1. The van der Waals surface area contributed by atoms with Crippen LogP contribution in [0.3, 0.4) is 0 Å². The van der Waals surface area contributed by atoms with E-state index in [0.29, 0.717) is 83.7 Å². The summed E-state index contributed by atoms with van der Waals surface area (Å²) in [6.45, 7) is 12.2. The number of carbonyl (C=O) groups is 3. The Balaban J connectivity index is 0.790. The van der Waals surface area contributed by atoms with Gasteiger partial charge in [0.2, 0.25) is 23.7 Å². The first-order valence-corrected chi connectivity index (χ1v) is 26.5. The molecule has 0 bridgehead atoms. The lowest BCUT2D eigenvalue weighted by atomic mass is 9.88. The number of hydrogen-bond acceptors (Lipinski definition) is 13. The number of aryl methyl sites for hydroxylation is 2. The van der Waals surface area contributed by atoms with Crippen molar-refractivity contribution in [1.29, 1.82) is 0 Å². The van der Waals surface area contributed by atoms with Crippen LogP contribution in [-0.2, 0) is 31.8 Å². The molecule has 5 heterocycles. The molecule has 3 fully saturated rings. The quantitative estimate of drug-likeness (QED) is 0.0364. The summed E-state index contributed by atoms with van der Waals surface area (Å²) in [6, 6.07) is 14.7. The van der Waals surface area contributed by atoms with Gasteiger partial charge in [-0.2, -0.15) is 4.98 Å². The zero-order valence-corrected chi connectivity index (χ0v) is 41.5. The topological polar surface area (TPSA) is 183 Å². The Morgan fingerprint density at radius 1 is 0.971 bits per heavy atom. The number of likely N-dealkylation sites (tertiary alicyclic amines) is 1. The maximum absolute atomic E-state index is 15.0. The average molecular weight is 1020 g/mol. The van der Waals surface area contributed by atoms with E-state index in [9.17, 15) is 27.7 Å². The Kier molecular flexibility index (Phi) is 15.1. The van der Waals surface area contributed by atoms with E-state index < -0.39 is 36.5 Å². The fourth-order valence-electron chi connectivity index (χ4n) is 9.41. The number of anilines is 5. The van der Waals surface area contributed by atoms with Gasteiger partial charge in [-0.05, 0) is 116 Å². The fourth-order valence-corrected chi connectivity index (χ4v) is 11.2. The number of aromatic nitrogens is 3. The molecule has 1 unspecified atom stereocenters. The first kappa shape index (κ1) is 48.9. The van der Waals surface area contributed by atoms with E-state index in [4.69, 9.17) is 9.72 Å². The summed E-state index contributed by atoms with van der Waals surface area (Å²) in [5, 5.41) is 17.2. The zero-order valence-electron chi connectivity index (χ0n) is 39.0. The molecule has 5 aromatic rings. The maximum Gasteiger partial charge on any atom is 0.234 e. The number of ether oxygens (including phenoxy) is 1. The predicted molar refractivity (Wildman–Crippen MR) is 266 cm³/mol. The highest BCUT2D eigenvalue weighted by Gasteiger charge is 2.34. The number of rotatable bonds is 17. The van der Waals surface area contributed by atoms with Gasteiger partial charge in [-0.15, -0.1) is 0 Å². The highest BCUT2D eigenvalue weighted by atomic mass is 79.9. The van der Waals surface area contributed by atoms with Gasteiger partial charge in [-0.1, -0.05) is 13.0 Å². The van der Waals surface area contributed by atoms with Crippen molar-refractivity contribution in [2.75, 3.05) is 81.8 Å². The van der Waals surface area contributed by atoms with E-state index in [-0.39, 0.29) is 30.2 Å². The molecule has 0 aliphatic carbocycles. The third-order valence-electron chi connectivity index (χ3n) is 13.0. The summed E-state index contributed by atoms with van der Waals surface area (Å²) >= 11 is 3.60. The molecule has 19 heteroatoms. The van der Waals surface area contributed by atoms with E-state index in [0.717, 1.165) is 65.9 Å². The molecule has 1 atom stereocenters. The number of nitrogens with zero attached hydrogens (tertiary/aromatic N) is 5. The van der Waals surface area contributed by atoms with Crippen molar-refractivity contribution in [1.82, 2.24) is 35.8 Å². The van der Waals surface area contributed by atoms with Crippen molar-refractivity contribution >= 4 is 85.8 Å². The number of carbonyl (C=O) groups excluding carboxylic acids is 3. The van der Waals surface area contributed by atoms with Crippen LogP contribution in [0, 0.1) is 24.5 Å². The monoisotopic (exact) mass is 1010 g/mol. The first-order chi connectivity index (χ1) is 32.6. The smallest absolute Gasteiger partial charge is 0.234 e. The largest absolute Gasteiger partial charge is 0.494 e. The molecule has 15 nitrogen and oxygen atoms in total. The van der Waals surface area contributed by atoms with E-state index >= 15 is 0 Å². The van der Waals surface area contributed by atoms with Gasteiger partial charge in [-0.3, -0.25) is 24.7 Å². The standard InChI is InChI=1S/C49H58BrF2N10O5P/c1-6-30-23-40(58-49-55-25-35(50)46(60-49)57-39-11-10-38-33(8-7-28(2)56-38)45(39)68(4,5)66)42(67-3)24-41(30)62-19-14-32(15-20-62)53-16-17-54-47(64)31-26-61(27-31)18-13-29-21-36(51)44(37(52)22-29)34-9-12-43(63)59-48(34)65/h7-8,10-11,21-25,31-32,34,53H,6,9,12-20,26-27H2,1-5H3,(H,54,64)(H,59,63,65)(H2,55,57,58,60). The Morgan fingerprint density at radius 2 is 1.72 bits per heavy atom. The Morgan fingerprint density at radius 3 is 2.41 bits per heavy atom. The maximum atomic E-state index is 15.0. The van der Waals surface area contributed by atoms with Crippen LogP contribution >= 0.6 is 23.1 Å². The second-order valence-electron chi connectivity index (χ2n) is 18.2. The summed E-state index contributed by atoms with van der Waals surface area (Å²) in [7, 11) is -1.10. The molecule has 3 saturated heterocycles. The number of methoxy groups -OCH3 is 1. The van der Waals surface area contributed by atoms with E-state index in [1.165, 1.54) is 12.1 Å². The lowest BCUT2D eigenvalue weighted by molar-refractivity contribution is -0.134. The van der Waals surface area contributed by atoms with Gasteiger partial charge in [0.05, 0.1) is 40.3 Å². The van der Waals surface area contributed by atoms with E-state index in [1.807, 2.05) is 31.2 Å². The van der Waals surface area contributed by atoms with Gasteiger partial charge >= 0.3 is 0 Å². The van der Waals surface area contributed by atoms with E-state index in [2.05, 4.69) is 81.3 Å². The third kappa shape index (κ3) is 11.1. The van der Waals surface area contributed by atoms with Crippen molar-refractivity contribution in [2.24, 2.45) is 5.92 Å². The normalized spacial score (nSPS) is 17.2. The molecular weight excluding hydrogens is 957 g/mol. The highest BCUT2D eigenvalue weighted by molar-refractivity contribution is 9.10.